The Kier molecular flexibility index (Phi) is 3.97. The quantitative estimate of drug-likeness (QED) is 0.884. The van der Waals surface area contributed by atoms with E-state index in [2.05, 4.69) is 5.32 Å². The molecule has 1 aromatic carbocycles. The molecule has 17 heavy (non-hydrogen) atoms. The Morgan fingerprint density at radius 3 is 3.06 bits per heavy atom. The molecule has 1 aliphatic heterocycles. The van der Waals surface area contributed by atoms with E-state index < -0.39 is 11.7 Å². The Hall–Kier alpha value is -1.13. The van der Waals surface area contributed by atoms with Crippen molar-refractivity contribution in [2.45, 2.75) is 18.9 Å². The van der Waals surface area contributed by atoms with Crippen LogP contribution in [-0.4, -0.2) is 25.2 Å². The summed E-state index contributed by atoms with van der Waals surface area (Å²) >= 11 is 5.73. The lowest BCUT2D eigenvalue weighted by atomic mass is 10.1. The molecule has 0 bridgehead atoms. The zero-order valence-corrected chi connectivity index (χ0v) is 9.97. The minimum absolute atomic E-state index is 0.0249. The summed E-state index contributed by atoms with van der Waals surface area (Å²) in [5.74, 6) is -1.01. The topological polar surface area (TPSA) is 38.3 Å². The van der Waals surface area contributed by atoms with Crippen molar-refractivity contribution in [1.82, 2.24) is 5.32 Å². The predicted octanol–water partition coefficient (Wildman–Crippen LogP) is 2.39. The summed E-state index contributed by atoms with van der Waals surface area (Å²) in [4.78, 5) is 11.8. The molecular formula is C12H13ClFNO2. The number of hydrogen-bond donors (Lipinski definition) is 1. The molecule has 92 valence electrons. The predicted molar refractivity (Wildman–Crippen MR) is 62.7 cm³/mol. The summed E-state index contributed by atoms with van der Waals surface area (Å²) < 4.78 is 18.7. The van der Waals surface area contributed by atoms with Gasteiger partial charge < -0.3 is 10.1 Å². The second kappa shape index (κ2) is 5.47. The van der Waals surface area contributed by atoms with E-state index in [1.807, 2.05) is 0 Å². The van der Waals surface area contributed by atoms with Crippen molar-refractivity contribution < 1.29 is 13.9 Å². The first-order valence-corrected chi connectivity index (χ1v) is 5.88. The van der Waals surface area contributed by atoms with E-state index in [0.29, 0.717) is 11.6 Å². The van der Waals surface area contributed by atoms with E-state index in [0.717, 1.165) is 19.4 Å². The van der Waals surface area contributed by atoms with Crippen LogP contribution in [0.2, 0.25) is 5.02 Å². The molecule has 1 fully saturated rings. The molecule has 0 saturated carbocycles. The van der Waals surface area contributed by atoms with E-state index in [9.17, 15) is 9.18 Å². The molecule has 1 aliphatic rings. The van der Waals surface area contributed by atoms with Crippen LogP contribution < -0.4 is 5.32 Å². The van der Waals surface area contributed by atoms with E-state index in [1.54, 1.807) is 0 Å². The van der Waals surface area contributed by atoms with E-state index >= 15 is 0 Å². The molecule has 1 saturated heterocycles. The summed E-state index contributed by atoms with van der Waals surface area (Å²) in [5, 5.41) is 3.08. The summed E-state index contributed by atoms with van der Waals surface area (Å²) in [7, 11) is 0. The van der Waals surface area contributed by atoms with Gasteiger partial charge in [0, 0.05) is 11.6 Å². The second-order valence-corrected chi connectivity index (χ2v) is 4.45. The fourth-order valence-electron chi connectivity index (χ4n) is 1.79. The lowest BCUT2D eigenvalue weighted by Crippen LogP contribution is -2.40. The molecule has 2 rings (SSSR count). The molecule has 0 unspecified atom stereocenters. The number of amides is 1. The van der Waals surface area contributed by atoms with E-state index in [4.69, 9.17) is 16.3 Å². The van der Waals surface area contributed by atoms with Crippen molar-refractivity contribution in [2.24, 2.45) is 0 Å². The third kappa shape index (κ3) is 3.17. The fraction of sp³-hybridized carbons (Fsp3) is 0.417. The van der Waals surface area contributed by atoms with E-state index in [1.165, 1.54) is 18.2 Å². The number of carbonyl (C=O) groups is 1. The van der Waals surface area contributed by atoms with Crippen molar-refractivity contribution in [2.75, 3.05) is 13.2 Å². The van der Waals surface area contributed by atoms with Crippen LogP contribution in [0.25, 0.3) is 0 Å². The van der Waals surface area contributed by atoms with Crippen LogP contribution in [0, 0.1) is 5.82 Å². The molecule has 5 heteroatoms. The van der Waals surface area contributed by atoms with Crippen LogP contribution in [-0.2, 0) is 4.74 Å². The average Bonchev–Trinajstić information content (AvgIpc) is 2.33. The number of nitrogens with one attached hydrogen (secondary N) is 1. The smallest absolute Gasteiger partial charge is 0.254 e. The molecule has 0 aromatic heterocycles. The maximum Gasteiger partial charge on any atom is 0.254 e. The summed E-state index contributed by atoms with van der Waals surface area (Å²) in [6, 6.07) is 3.89. The molecule has 1 heterocycles. The average molecular weight is 258 g/mol. The first-order valence-electron chi connectivity index (χ1n) is 5.50. The van der Waals surface area contributed by atoms with Gasteiger partial charge in [0.15, 0.2) is 0 Å². The van der Waals surface area contributed by atoms with Gasteiger partial charge in [-0.15, -0.1) is 0 Å². The largest absolute Gasteiger partial charge is 0.379 e. The van der Waals surface area contributed by atoms with Gasteiger partial charge in [0.25, 0.3) is 5.91 Å². The van der Waals surface area contributed by atoms with Gasteiger partial charge in [-0.1, -0.05) is 11.6 Å². The highest BCUT2D eigenvalue weighted by Gasteiger charge is 2.19. The first-order chi connectivity index (χ1) is 8.16. The van der Waals surface area contributed by atoms with Gasteiger partial charge in [0.2, 0.25) is 0 Å². The van der Waals surface area contributed by atoms with Crippen molar-refractivity contribution in [3.63, 3.8) is 0 Å². The van der Waals surface area contributed by atoms with Gasteiger partial charge in [-0.05, 0) is 31.0 Å². The van der Waals surface area contributed by atoms with Gasteiger partial charge in [-0.2, -0.15) is 0 Å². The molecule has 1 aromatic rings. The zero-order valence-electron chi connectivity index (χ0n) is 9.21. The van der Waals surface area contributed by atoms with Crippen molar-refractivity contribution in [3.05, 3.63) is 34.6 Å². The molecule has 0 aliphatic carbocycles. The normalized spacial score (nSPS) is 20.0. The van der Waals surface area contributed by atoms with E-state index in [-0.39, 0.29) is 11.6 Å². The molecule has 1 N–H and O–H groups in total. The van der Waals surface area contributed by atoms with Gasteiger partial charge in [-0.25, -0.2) is 4.39 Å². The second-order valence-electron chi connectivity index (χ2n) is 4.01. The minimum Gasteiger partial charge on any atom is -0.379 e. The number of benzene rings is 1. The maximum absolute atomic E-state index is 13.4. The summed E-state index contributed by atoms with van der Waals surface area (Å²) in [6.45, 7) is 1.20. The van der Waals surface area contributed by atoms with Gasteiger partial charge in [0.1, 0.15) is 5.82 Å². The molecule has 3 nitrogen and oxygen atoms in total. The Bertz CT molecular complexity index is 419. The SMILES string of the molecule is O=C(N[C@@H]1CCCOC1)c1cc(Cl)ccc1F. The highest BCUT2D eigenvalue weighted by Crippen LogP contribution is 2.15. The van der Waals surface area contributed by atoms with Gasteiger partial charge in [0.05, 0.1) is 18.2 Å². The Morgan fingerprint density at radius 2 is 2.35 bits per heavy atom. The molecule has 1 atom stereocenters. The number of rotatable bonds is 2. The standard InChI is InChI=1S/C12H13ClFNO2/c13-8-3-4-11(14)10(6-8)12(16)15-9-2-1-5-17-7-9/h3-4,6,9H,1-2,5,7H2,(H,15,16)/t9-/m1/s1. The van der Waals surface area contributed by atoms with Crippen LogP contribution in [0.15, 0.2) is 18.2 Å². The number of hydrogen-bond acceptors (Lipinski definition) is 2. The maximum atomic E-state index is 13.4. The highest BCUT2D eigenvalue weighted by atomic mass is 35.5. The summed E-state index contributed by atoms with van der Waals surface area (Å²) in [6.07, 6.45) is 1.76. The fourth-order valence-corrected chi connectivity index (χ4v) is 1.96. The van der Waals surface area contributed by atoms with Crippen molar-refractivity contribution in [1.29, 1.82) is 0 Å². The zero-order chi connectivity index (χ0) is 12.3. The minimum atomic E-state index is -0.566. The van der Waals surface area contributed by atoms with Crippen LogP contribution >= 0.6 is 11.6 Å². The van der Waals surface area contributed by atoms with Crippen LogP contribution in [0.5, 0.6) is 0 Å². The first kappa shape index (κ1) is 12.3. The number of ether oxygens (including phenoxy) is 1. The lowest BCUT2D eigenvalue weighted by Gasteiger charge is -2.23. The third-order valence-corrected chi connectivity index (χ3v) is 2.90. The lowest BCUT2D eigenvalue weighted by molar-refractivity contribution is 0.0622. The van der Waals surface area contributed by atoms with Crippen LogP contribution in [0.4, 0.5) is 4.39 Å². The Morgan fingerprint density at radius 1 is 1.53 bits per heavy atom. The number of carbonyl (C=O) groups excluding carboxylic acids is 1. The van der Waals surface area contributed by atoms with Crippen molar-refractivity contribution in [3.8, 4) is 0 Å². The molecule has 0 spiro atoms. The summed E-state index contributed by atoms with van der Waals surface area (Å²) in [5.41, 5.74) is -0.0249. The third-order valence-electron chi connectivity index (χ3n) is 2.67. The number of halogens is 2. The van der Waals surface area contributed by atoms with Gasteiger partial charge >= 0.3 is 0 Å². The molecular weight excluding hydrogens is 245 g/mol. The molecule has 1 amide bonds. The Balaban J connectivity index is 2.05. The van der Waals surface area contributed by atoms with Crippen molar-refractivity contribution >= 4 is 17.5 Å². The van der Waals surface area contributed by atoms with Gasteiger partial charge in [-0.3, -0.25) is 4.79 Å². The highest BCUT2D eigenvalue weighted by molar-refractivity contribution is 6.31. The van der Waals surface area contributed by atoms with Crippen LogP contribution in [0.3, 0.4) is 0 Å². The van der Waals surface area contributed by atoms with Crippen LogP contribution in [0.1, 0.15) is 23.2 Å². The molecule has 0 radical (unpaired) electrons. The Labute approximate surface area is 104 Å². The monoisotopic (exact) mass is 257 g/mol.